The Hall–Kier alpha value is -2.90. The van der Waals surface area contributed by atoms with E-state index in [9.17, 15) is 4.79 Å². The molecule has 4 rings (SSSR count). The van der Waals surface area contributed by atoms with Crippen LogP contribution in [-0.4, -0.2) is 40.6 Å². The maximum absolute atomic E-state index is 12.7. The van der Waals surface area contributed by atoms with Gasteiger partial charge in [-0.25, -0.2) is 0 Å². The van der Waals surface area contributed by atoms with Crippen molar-refractivity contribution in [3.05, 3.63) is 40.6 Å². The number of rotatable bonds is 2. The maximum Gasteiger partial charge on any atom is 0.272 e. The Morgan fingerprint density at radius 2 is 2.00 bits per heavy atom. The Labute approximate surface area is 139 Å². The lowest BCUT2D eigenvalue weighted by atomic mass is 10.1. The SMILES string of the molecule is Cc1nn(C)c(C)c1-c1cc(C(=O)N2Cc3cnn(C)c3C2)[nH]n1. The van der Waals surface area contributed by atoms with E-state index in [1.165, 1.54) is 0 Å². The van der Waals surface area contributed by atoms with E-state index in [0.717, 1.165) is 33.9 Å². The minimum Gasteiger partial charge on any atom is -0.327 e. The number of aromatic amines is 1. The van der Waals surface area contributed by atoms with Crippen molar-refractivity contribution in [2.75, 3.05) is 0 Å². The van der Waals surface area contributed by atoms with Crippen molar-refractivity contribution in [3.63, 3.8) is 0 Å². The lowest BCUT2D eigenvalue weighted by Gasteiger charge is -2.14. The highest BCUT2D eigenvalue weighted by molar-refractivity contribution is 5.93. The molecule has 1 aliphatic heterocycles. The molecule has 0 aromatic carbocycles. The average Bonchev–Trinajstić information content (AvgIpc) is 3.27. The van der Waals surface area contributed by atoms with Crippen LogP contribution in [0.5, 0.6) is 0 Å². The Kier molecular flexibility index (Phi) is 3.09. The Morgan fingerprint density at radius 1 is 1.21 bits per heavy atom. The van der Waals surface area contributed by atoms with Gasteiger partial charge in [-0.2, -0.15) is 15.3 Å². The molecule has 0 aliphatic carbocycles. The van der Waals surface area contributed by atoms with E-state index in [0.29, 0.717) is 18.8 Å². The molecule has 1 aliphatic rings. The first-order chi connectivity index (χ1) is 11.5. The van der Waals surface area contributed by atoms with Gasteiger partial charge in [-0.1, -0.05) is 0 Å². The van der Waals surface area contributed by atoms with Crippen LogP contribution in [0.4, 0.5) is 0 Å². The predicted octanol–water partition coefficient (Wildman–Crippen LogP) is 1.32. The molecule has 0 saturated carbocycles. The van der Waals surface area contributed by atoms with Crippen LogP contribution in [0.1, 0.15) is 33.1 Å². The third-order valence-electron chi connectivity index (χ3n) is 4.71. The summed E-state index contributed by atoms with van der Waals surface area (Å²) < 4.78 is 3.65. The molecule has 4 heterocycles. The summed E-state index contributed by atoms with van der Waals surface area (Å²) in [4.78, 5) is 14.5. The average molecular weight is 325 g/mol. The van der Waals surface area contributed by atoms with Crippen LogP contribution in [0.3, 0.4) is 0 Å². The molecule has 8 nitrogen and oxygen atoms in total. The molecule has 24 heavy (non-hydrogen) atoms. The molecule has 0 spiro atoms. The van der Waals surface area contributed by atoms with E-state index >= 15 is 0 Å². The first kappa shape index (κ1) is 14.7. The van der Waals surface area contributed by atoms with E-state index in [1.807, 2.05) is 43.5 Å². The Morgan fingerprint density at radius 3 is 2.67 bits per heavy atom. The van der Waals surface area contributed by atoms with Gasteiger partial charge in [0.25, 0.3) is 5.91 Å². The van der Waals surface area contributed by atoms with Gasteiger partial charge in [0.15, 0.2) is 0 Å². The second kappa shape index (κ2) is 5.05. The predicted molar refractivity (Wildman–Crippen MR) is 87.0 cm³/mol. The zero-order chi connectivity index (χ0) is 17.0. The fourth-order valence-electron chi connectivity index (χ4n) is 3.30. The number of H-pyrrole nitrogens is 1. The normalized spacial score (nSPS) is 13.6. The molecule has 0 fully saturated rings. The Balaban J connectivity index is 1.60. The van der Waals surface area contributed by atoms with Crippen molar-refractivity contribution in [3.8, 4) is 11.3 Å². The highest BCUT2D eigenvalue weighted by Gasteiger charge is 2.28. The number of carbonyl (C=O) groups excluding carboxylic acids is 1. The minimum absolute atomic E-state index is 0.0517. The smallest absolute Gasteiger partial charge is 0.272 e. The highest BCUT2D eigenvalue weighted by Crippen LogP contribution is 2.27. The summed E-state index contributed by atoms with van der Waals surface area (Å²) in [6, 6.07) is 1.81. The van der Waals surface area contributed by atoms with Crippen LogP contribution in [0.2, 0.25) is 0 Å². The van der Waals surface area contributed by atoms with Crippen LogP contribution in [0, 0.1) is 13.8 Å². The van der Waals surface area contributed by atoms with Gasteiger partial charge in [0, 0.05) is 37.5 Å². The van der Waals surface area contributed by atoms with E-state index in [2.05, 4.69) is 20.4 Å². The number of carbonyl (C=O) groups is 1. The molecule has 0 radical (unpaired) electrons. The summed E-state index contributed by atoms with van der Waals surface area (Å²) in [7, 11) is 3.80. The summed E-state index contributed by atoms with van der Waals surface area (Å²) in [5.41, 5.74) is 6.33. The van der Waals surface area contributed by atoms with Crippen molar-refractivity contribution in [2.45, 2.75) is 26.9 Å². The molecule has 0 atom stereocenters. The van der Waals surface area contributed by atoms with Gasteiger partial charge in [0.2, 0.25) is 0 Å². The van der Waals surface area contributed by atoms with E-state index in [-0.39, 0.29) is 5.91 Å². The van der Waals surface area contributed by atoms with Gasteiger partial charge in [-0.05, 0) is 19.9 Å². The van der Waals surface area contributed by atoms with E-state index in [4.69, 9.17) is 0 Å². The number of hydrogen-bond acceptors (Lipinski definition) is 4. The maximum atomic E-state index is 12.7. The molecule has 8 heteroatoms. The zero-order valence-corrected chi connectivity index (χ0v) is 14.2. The van der Waals surface area contributed by atoms with Gasteiger partial charge in [-0.3, -0.25) is 19.3 Å². The fourth-order valence-corrected chi connectivity index (χ4v) is 3.30. The van der Waals surface area contributed by atoms with Crippen LogP contribution in [0.15, 0.2) is 12.3 Å². The van der Waals surface area contributed by atoms with E-state index in [1.54, 1.807) is 11.0 Å². The standard InChI is InChI=1S/C16H19N7O/c1-9-15(10(2)21(3)20-9)12-5-13(19-18-12)16(24)23-7-11-6-17-22(4)14(11)8-23/h5-6H,7-8H2,1-4H3,(H,18,19). The second-order valence-corrected chi connectivity index (χ2v) is 6.24. The van der Waals surface area contributed by atoms with Crippen molar-refractivity contribution >= 4 is 5.91 Å². The number of nitrogens with zero attached hydrogens (tertiary/aromatic N) is 6. The minimum atomic E-state index is -0.0517. The van der Waals surface area contributed by atoms with Crippen LogP contribution in [0.25, 0.3) is 11.3 Å². The van der Waals surface area contributed by atoms with Crippen molar-refractivity contribution in [2.24, 2.45) is 14.1 Å². The van der Waals surface area contributed by atoms with Crippen molar-refractivity contribution in [1.82, 2.24) is 34.7 Å². The number of amides is 1. The number of nitrogens with one attached hydrogen (secondary N) is 1. The third-order valence-corrected chi connectivity index (χ3v) is 4.71. The number of fused-ring (bicyclic) bond motifs is 1. The topological polar surface area (TPSA) is 84.6 Å². The van der Waals surface area contributed by atoms with Gasteiger partial charge >= 0.3 is 0 Å². The van der Waals surface area contributed by atoms with Gasteiger partial charge in [0.1, 0.15) is 5.69 Å². The zero-order valence-electron chi connectivity index (χ0n) is 14.2. The lowest BCUT2D eigenvalue weighted by molar-refractivity contribution is 0.0742. The third kappa shape index (κ3) is 2.06. The van der Waals surface area contributed by atoms with Gasteiger partial charge < -0.3 is 4.90 Å². The summed E-state index contributed by atoms with van der Waals surface area (Å²) in [6.07, 6.45) is 1.82. The fraction of sp³-hybridized carbons (Fsp3) is 0.375. The Bertz CT molecular complexity index is 946. The summed E-state index contributed by atoms with van der Waals surface area (Å²) in [6.45, 7) is 5.10. The van der Waals surface area contributed by atoms with Gasteiger partial charge in [0.05, 0.1) is 29.8 Å². The second-order valence-electron chi connectivity index (χ2n) is 6.24. The van der Waals surface area contributed by atoms with Crippen molar-refractivity contribution < 1.29 is 4.79 Å². The summed E-state index contributed by atoms with van der Waals surface area (Å²) in [5, 5.41) is 15.8. The number of aryl methyl sites for hydroxylation is 3. The molecule has 0 unspecified atom stereocenters. The molecule has 1 amide bonds. The van der Waals surface area contributed by atoms with Crippen LogP contribution < -0.4 is 0 Å². The molecule has 1 N–H and O–H groups in total. The molecule has 3 aromatic heterocycles. The number of hydrogen-bond donors (Lipinski definition) is 1. The molecular formula is C16H19N7O. The van der Waals surface area contributed by atoms with Crippen molar-refractivity contribution in [1.29, 1.82) is 0 Å². The summed E-state index contributed by atoms with van der Waals surface area (Å²) >= 11 is 0. The molecule has 0 saturated heterocycles. The summed E-state index contributed by atoms with van der Waals surface area (Å²) in [5.74, 6) is -0.0517. The van der Waals surface area contributed by atoms with Crippen LogP contribution in [-0.2, 0) is 27.2 Å². The van der Waals surface area contributed by atoms with Gasteiger partial charge in [-0.15, -0.1) is 0 Å². The quantitative estimate of drug-likeness (QED) is 0.770. The molecule has 124 valence electrons. The highest BCUT2D eigenvalue weighted by atomic mass is 16.2. The molecule has 3 aromatic rings. The van der Waals surface area contributed by atoms with Crippen LogP contribution >= 0.6 is 0 Å². The first-order valence-electron chi connectivity index (χ1n) is 7.80. The monoisotopic (exact) mass is 325 g/mol. The molecular weight excluding hydrogens is 306 g/mol. The molecule has 0 bridgehead atoms. The largest absolute Gasteiger partial charge is 0.327 e. The first-order valence-corrected chi connectivity index (χ1v) is 7.80. The number of aromatic nitrogens is 6. The van der Waals surface area contributed by atoms with E-state index < -0.39 is 0 Å². The lowest BCUT2D eigenvalue weighted by Crippen LogP contribution is -2.26.